The molecule has 1 unspecified atom stereocenters. The zero-order valence-electron chi connectivity index (χ0n) is 11.8. The Hall–Kier alpha value is -2.68. The maximum Gasteiger partial charge on any atom is 0.287 e. The maximum absolute atomic E-state index is 12.2. The molecular formula is C14H11N5O3S. The fourth-order valence-electron chi connectivity index (χ4n) is 2.41. The maximum atomic E-state index is 12.2. The van der Waals surface area contributed by atoms with E-state index in [4.69, 9.17) is 4.52 Å². The van der Waals surface area contributed by atoms with Crippen LogP contribution in [-0.4, -0.2) is 46.0 Å². The lowest BCUT2D eigenvalue weighted by Gasteiger charge is -2.37. The highest BCUT2D eigenvalue weighted by Gasteiger charge is 2.38. The third kappa shape index (κ3) is 2.59. The van der Waals surface area contributed by atoms with E-state index < -0.39 is 11.9 Å². The molecule has 0 bridgehead atoms. The summed E-state index contributed by atoms with van der Waals surface area (Å²) < 4.78 is 5.28. The third-order valence-corrected chi connectivity index (χ3v) is 4.40. The number of amides is 2. The first-order valence-electron chi connectivity index (χ1n) is 6.98. The van der Waals surface area contributed by atoms with Crippen molar-refractivity contribution in [3.05, 3.63) is 34.9 Å². The Balaban J connectivity index is 1.38. The van der Waals surface area contributed by atoms with Gasteiger partial charge in [0.15, 0.2) is 6.04 Å². The lowest BCUT2D eigenvalue weighted by atomic mass is 9.99. The van der Waals surface area contributed by atoms with Gasteiger partial charge >= 0.3 is 0 Å². The summed E-state index contributed by atoms with van der Waals surface area (Å²) in [6, 6.07) is 1.22. The molecule has 1 saturated heterocycles. The van der Waals surface area contributed by atoms with Crippen molar-refractivity contribution in [2.75, 3.05) is 13.1 Å². The quantitative estimate of drug-likeness (QED) is 0.852. The van der Waals surface area contributed by atoms with Gasteiger partial charge in [0.05, 0.1) is 5.92 Å². The van der Waals surface area contributed by atoms with E-state index in [0.717, 1.165) is 5.56 Å². The van der Waals surface area contributed by atoms with Crippen LogP contribution >= 0.6 is 11.3 Å². The second-order valence-electron chi connectivity index (χ2n) is 5.27. The van der Waals surface area contributed by atoms with Gasteiger partial charge in [-0.15, -0.1) is 5.11 Å². The van der Waals surface area contributed by atoms with Crippen LogP contribution in [0.3, 0.4) is 0 Å². The van der Waals surface area contributed by atoms with Gasteiger partial charge in [-0.05, 0) is 17.5 Å². The fourth-order valence-corrected chi connectivity index (χ4v) is 3.04. The molecule has 23 heavy (non-hydrogen) atoms. The highest BCUT2D eigenvalue weighted by atomic mass is 32.1. The van der Waals surface area contributed by atoms with Crippen LogP contribution in [0.5, 0.6) is 0 Å². The Bertz CT molecular complexity index is 788. The Morgan fingerprint density at radius 3 is 2.96 bits per heavy atom. The lowest BCUT2D eigenvalue weighted by Crippen LogP contribution is -2.51. The van der Waals surface area contributed by atoms with Gasteiger partial charge in [-0.25, -0.2) is 0 Å². The molecule has 2 aromatic heterocycles. The van der Waals surface area contributed by atoms with Crippen molar-refractivity contribution in [2.45, 2.75) is 12.0 Å². The summed E-state index contributed by atoms with van der Waals surface area (Å²) in [5.74, 6) is 0.512. The second-order valence-corrected chi connectivity index (χ2v) is 6.05. The van der Waals surface area contributed by atoms with Gasteiger partial charge < -0.3 is 9.42 Å². The summed E-state index contributed by atoms with van der Waals surface area (Å²) in [6.45, 7) is 0.996. The van der Waals surface area contributed by atoms with E-state index in [1.165, 1.54) is 12.2 Å². The Labute approximate surface area is 134 Å². The molecule has 2 aromatic rings. The molecule has 0 saturated carbocycles. The molecule has 0 spiro atoms. The van der Waals surface area contributed by atoms with Crippen molar-refractivity contribution in [3.8, 4) is 11.4 Å². The third-order valence-electron chi connectivity index (χ3n) is 3.72. The minimum absolute atomic E-state index is 0.0324. The van der Waals surface area contributed by atoms with E-state index in [2.05, 4.69) is 20.4 Å². The molecule has 4 rings (SSSR count). The number of hydrogen-bond donors (Lipinski definition) is 0. The van der Waals surface area contributed by atoms with Crippen molar-refractivity contribution < 1.29 is 14.1 Å². The molecule has 0 aliphatic carbocycles. The van der Waals surface area contributed by atoms with Crippen LogP contribution in [0.25, 0.3) is 11.4 Å². The number of aromatic nitrogens is 2. The van der Waals surface area contributed by atoms with Crippen LogP contribution < -0.4 is 0 Å². The summed E-state index contributed by atoms with van der Waals surface area (Å²) in [5, 5.41) is 15.0. The standard InChI is InChI=1S/C14H11N5O3S/c20-11-2-1-10(16-17-11)14(21)19-5-9(6-19)13-15-12(18-22-13)8-3-4-23-7-8/h1-4,7,9-10H,5-6H2. The average molecular weight is 329 g/mol. The molecule has 1 fully saturated rings. The van der Waals surface area contributed by atoms with Gasteiger partial charge in [-0.1, -0.05) is 5.16 Å². The fraction of sp³-hybridized carbons (Fsp3) is 0.286. The Morgan fingerprint density at radius 2 is 2.26 bits per heavy atom. The zero-order chi connectivity index (χ0) is 15.8. The predicted molar refractivity (Wildman–Crippen MR) is 79.7 cm³/mol. The molecule has 0 N–H and O–H groups in total. The summed E-state index contributed by atoms with van der Waals surface area (Å²) in [4.78, 5) is 29.1. The first-order chi connectivity index (χ1) is 11.2. The molecule has 116 valence electrons. The second kappa shape index (κ2) is 5.51. The molecular weight excluding hydrogens is 318 g/mol. The minimum atomic E-state index is -0.710. The normalized spacial score (nSPS) is 20.8. The number of azo groups is 1. The molecule has 2 aliphatic rings. The van der Waals surface area contributed by atoms with E-state index in [-0.39, 0.29) is 11.8 Å². The molecule has 1 atom stereocenters. The molecule has 4 heterocycles. The van der Waals surface area contributed by atoms with Gasteiger partial charge in [-0.3, -0.25) is 9.59 Å². The lowest BCUT2D eigenvalue weighted by molar-refractivity contribution is -0.136. The van der Waals surface area contributed by atoms with Crippen LogP contribution in [0.1, 0.15) is 11.8 Å². The average Bonchev–Trinajstić information content (AvgIpc) is 3.17. The van der Waals surface area contributed by atoms with Gasteiger partial charge in [-0.2, -0.15) is 21.4 Å². The molecule has 2 aliphatic heterocycles. The van der Waals surface area contributed by atoms with E-state index in [1.807, 2.05) is 16.8 Å². The predicted octanol–water partition coefficient (Wildman–Crippen LogP) is 1.64. The van der Waals surface area contributed by atoms with E-state index in [0.29, 0.717) is 24.8 Å². The molecule has 8 nitrogen and oxygen atoms in total. The van der Waals surface area contributed by atoms with E-state index in [1.54, 1.807) is 16.2 Å². The van der Waals surface area contributed by atoms with Crippen molar-refractivity contribution >= 4 is 23.2 Å². The minimum Gasteiger partial charge on any atom is -0.339 e. The van der Waals surface area contributed by atoms with Crippen LogP contribution in [0.4, 0.5) is 0 Å². The Morgan fingerprint density at radius 1 is 1.39 bits per heavy atom. The highest BCUT2D eigenvalue weighted by molar-refractivity contribution is 7.08. The van der Waals surface area contributed by atoms with E-state index in [9.17, 15) is 9.59 Å². The van der Waals surface area contributed by atoms with Crippen LogP contribution in [0.2, 0.25) is 0 Å². The number of hydrogen-bond acceptors (Lipinski definition) is 7. The number of carbonyl (C=O) groups is 2. The molecule has 0 radical (unpaired) electrons. The van der Waals surface area contributed by atoms with E-state index >= 15 is 0 Å². The smallest absolute Gasteiger partial charge is 0.287 e. The van der Waals surface area contributed by atoms with Gasteiger partial charge in [0.2, 0.25) is 11.7 Å². The Kier molecular flexibility index (Phi) is 3.34. The van der Waals surface area contributed by atoms with Crippen molar-refractivity contribution in [1.82, 2.24) is 15.0 Å². The summed E-state index contributed by atoms with van der Waals surface area (Å²) in [5.41, 5.74) is 0.926. The van der Waals surface area contributed by atoms with Crippen molar-refractivity contribution in [2.24, 2.45) is 10.2 Å². The van der Waals surface area contributed by atoms with Crippen molar-refractivity contribution in [1.29, 1.82) is 0 Å². The number of likely N-dealkylation sites (tertiary alicyclic amines) is 1. The summed E-state index contributed by atoms with van der Waals surface area (Å²) >= 11 is 1.57. The number of rotatable bonds is 3. The molecule has 9 heteroatoms. The van der Waals surface area contributed by atoms with Crippen LogP contribution in [0.15, 0.2) is 43.7 Å². The first kappa shape index (κ1) is 13.9. The number of thiophene rings is 1. The number of nitrogens with zero attached hydrogens (tertiary/aromatic N) is 5. The summed E-state index contributed by atoms with van der Waals surface area (Å²) in [6.07, 6.45) is 2.73. The van der Waals surface area contributed by atoms with Gasteiger partial charge in [0.25, 0.3) is 11.8 Å². The van der Waals surface area contributed by atoms with Crippen LogP contribution in [0, 0.1) is 0 Å². The zero-order valence-corrected chi connectivity index (χ0v) is 12.6. The van der Waals surface area contributed by atoms with Gasteiger partial charge in [0.1, 0.15) is 0 Å². The monoisotopic (exact) mass is 329 g/mol. The summed E-state index contributed by atoms with van der Waals surface area (Å²) in [7, 11) is 0. The van der Waals surface area contributed by atoms with Gasteiger partial charge in [0, 0.05) is 30.1 Å². The topological polar surface area (TPSA) is 101 Å². The van der Waals surface area contributed by atoms with Crippen LogP contribution in [-0.2, 0) is 9.59 Å². The first-order valence-corrected chi connectivity index (χ1v) is 7.93. The molecule has 2 amide bonds. The number of carbonyl (C=O) groups excluding carboxylic acids is 2. The SMILES string of the molecule is O=C1C=CC(C(=O)N2CC(c3nc(-c4ccsc4)no3)C2)N=N1. The van der Waals surface area contributed by atoms with Crippen molar-refractivity contribution in [3.63, 3.8) is 0 Å². The molecule has 0 aromatic carbocycles. The largest absolute Gasteiger partial charge is 0.339 e. The highest BCUT2D eigenvalue weighted by Crippen LogP contribution is 2.29.